The molecule has 2 aromatic heterocycles. The van der Waals surface area contributed by atoms with Crippen molar-refractivity contribution in [2.75, 3.05) is 5.73 Å². The summed E-state index contributed by atoms with van der Waals surface area (Å²) in [5, 5.41) is 5.07. The van der Waals surface area contributed by atoms with Crippen molar-refractivity contribution in [1.82, 2.24) is 14.8 Å². The van der Waals surface area contributed by atoms with Gasteiger partial charge in [0.15, 0.2) is 0 Å². The number of nitrogen functional groups attached to an aromatic ring is 1. The first-order valence-corrected chi connectivity index (χ1v) is 5.78. The molecule has 17 heavy (non-hydrogen) atoms. The van der Waals surface area contributed by atoms with Gasteiger partial charge in [-0.1, -0.05) is 11.6 Å². The molecule has 0 fully saturated rings. The minimum absolute atomic E-state index is 0.475. The molecule has 0 aliphatic heterocycles. The van der Waals surface area contributed by atoms with E-state index in [-0.39, 0.29) is 0 Å². The number of aryl methyl sites for hydroxylation is 1. The van der Waals surface area contributed by atoms with Gasteiger partial charge in [-0.2, -0.15) is 5.10 Å². The summed E-state index contributed by atoms with van der Waals surface area (Å²) in [5.41, 5.74) is 9.76. The molecule has 0 unspecified atom stereocenters. The molecule has 0 saturated carbocycles. The Morgan fingerprint density at radius 2 is 2.00 bits per heavy atom. The average molecular weight is 251 g/mol. The van der Waals surface area contributed by atoms with Gasteiger partial charge >= 0.3 is 0 Å². The van der Waals surface area contributed by atoms with Gasteiger partial charge in [-0.3, -0.25) is 4.68 Å². The Balaban J connectivity index is 2.37. The SMILES string of the molecule is Cc1nn(Cc2nc(N)ccc2Cl)c(C)c1C. The predicted octanol–water partition coefficient (Wildman–Crippen LogP) is 2.49. The highest BCUT2D eigenvalue weighted by molar-refractivity contribution is 6.31. The van der Waals surface area contributed by atoms with Gasteiger partial charge in [0.1, 0.15) is 5.82 Å². The molecular formula is C12H15ClN4. The summed E-state index contributed by atoms with van der Waals surface area (Å²) >= 11 is 6.09. The normalized spacial score (nSPS) is 10.8. The maximum Gasteiger partial charge on any atom is 0.123 e. The molecule has 0 spiro atoms. The quantitative estimate of drug-likeness (QED) is 0.891. The van der Waals surface area contributed by atoms with E-state index in [9.17, 15) is 0 Å². The van der Waals surface area contributed by atoms with Gasteiger partial charge in [0.05, 0.1) is 23.0 Å². The van der Waals surface area contributed by atoms with Crippen molar-refractivity contribution in [3.05, 3.63) is 39.8 Å². The molecule has 0 atom stereocenters. The number of nitrogens with zero attached hydrogens (tertiary/aromatic N) is 3. The lowest BCUT2D eigenvalue weighted by atomic mass is 10.2. The Kier molecular flexibility index (Phi) is 3.07. The summed E-state index contributed by atoms with van der Waals surface area (Å²) in [4.78, 5) is 4.23. The molecule has 0 aliphatic carbocycles. The number of hydrogen-bond donors (Lipinski definition) is 1. The van der Waals surface area contributed by atoms with Gasteiger partial charge in [-0.05, 0) is 38.5 Å². The first-order valence-electron chi connectivity index (χ1n) is 5.40. The number of hydrogen-bond acceptors (Lipinski definition) is 3. The van der Waals surface area contributed by atoms with Crippen molar-refractivity contribution >= 4 is 17.4 Å². The van der Waals surface area contributed by atoms with Gasteiger partial charge in [0, 0.05) is 5.69 Å². The molecule has 90 valence electrons. The second-order valence-electron chi connectivity index (χ2n) is 4.12. The molecule has 0 radical (unpaired) electrons. The maximum atomic E-state index is 6.09. The number of anilines is 1. The van der Waals surface area contributed by atoms with E-state index < -0.39 is 0 Å². The smallest absolute Gasteiger partial charge is 0.123 e. The highest BCUT2D eigenvalue weighted by atomic mass is 35.5. The van der Waals surface area contributed by atoms with Crippen molar-refractivity contribution in [3.63, 3.8) is 0 Å². The zero-order valence-electron chi connectivity index (χ0n) is 10.2. The van der Waals surface area contributed by atoms with Crippen molar-refractivity contribution in [1.29, 1.82) is 0 Å². The number of halogens is 1. The molecule has 0 saturated heterocycles. The number of aromatic nitrogens is 3. The van der Waals surface area contributed by atoms with E-state index >= 15 is 0 Å². The van der Waals surface area contributed by atoms with Crippen LogP contribution in [-0.2, 0) is 6.54 Å². The van der Waals surface area contributed by atoms with E-state index in [4.69, 9.17) is 17.3 Å². The van der Waals surface area contributed by atoms with E-state index in [1.54, 1.807) is 12.1 Å². The van der Waals surface area contributed by atoms with E-state index in [1.807, 2.05) is 18.5 Å². The first kappa shape index (κ1) is 11.9. The molecule has 0 amide bonds. The van der Waals surface area contributed by atoms with E-state index in [0.717, 1.165) is 17.1 Å². The lowest BCUT2D eigenvalue weighted by molar-refractivity contribution is 0.647. The lowest BCUT2D eigenvalue weighted by Gasteiger charge is -2.06. The minimum Gasteiger partial charge on any atom is -0.384 e. The van der Waals surface area contributed by atoms with Crippen LogP contribution in [0.1, 0.15) is 22.6 Å². The molecule has 2 rings (SSSR count). The number of nitrogens with two attached hydrogens (primary N) is 1. The fourth-order valence-corrected chi connectivity index (χ4v) is 1.86. The second kappa shape index (κ2) is 4.37. The largest absolute Gasteiger partial charge is 0.384 e. The average Bonchev–Trinajstić information content (AvgIpc) is 2.52. The molecule has 5 heteroatoms. The van der Waals surface area contributed by atoms with Crippen LogP contribution in [0.4, 0.5) is 5.82 Å². The standard InChI is InChI=1S/C12H15ClN4/c1-7-8(2)16-17(9(7)3)6-11-10(13)4-5-12(14)15-11/h4-5H,6H2,1-3H3,(H2,14,15). The van der Waals surface area contributed by atoms with Crippen LogP contribution >= 0.6 is 11.6 Å². The Bertz CT molecular complexity index is 560. The number of pyridine rings is 1. The Morgan fingerprint density at radius 1 is 1.29 bits per heavy atom. The first-order chi connectivity index (χ1) is 7.99. The Labute approximate surface area is 105 Å². The zero-order valence-corrected chi connectivity index (χ0v) is 10.9. The van der Waals surface area contributed by atoms with E-state index in [1.165, 1.54) is 5.56 Å². The van der Waals surface area contributed by atoms with E-state index in [2.05, 4.69) is 17.0 Å². The molecular weight excluding hydrogens is 236 g/mol. The second-order valence-corrected chi connectivity index (χ2v) is 4.53. The third kappa shape index (κ3) is 2.26. The van der Waals surface area contributed by atoms with Crippen LogP contribution in [-0.4, -0.2) is 14.8 Å². The summed E-state index contributed by atoms with van der Waals surface area (Å²) < 4.78 is 1.90. The molecule has 2 N–H and O–H groups in total. The minimum atomic E-state index is 0.475. The van der Waals surface area contributed by atoms with Gasteiger partial charge in [-0.25, -0.2) is 4.98 Å². The molecule has 2 aromatic rings. The summed E-state index contributed by atoms with van der Waals surface area (Å²) in [6.07, 6.45) is 0. The van der Waals surface area contributed by atoms with Crippen LogP contribution in [0.15, 0.2) is 12.1 Å². The van der Waals surface area contributed by atoms with Gasteiger partial charge in [-0.15, -0.1) is 0 Å². The van der Waals surface area contributed by atoms with Crippen LogP contribution in [0.5, 0.6) is 0 Å². The van der Waals surface area contributed by atoms with Crippen LogP contribution in [0.2, 0.25) is 5.02 Å². The highest BCUT2D eigenvalue weighted by Crippen LogP contribution is 2.18. The van der Waals surface area contributed by atoms with Crippen molar-refractivity contribution in [2.24, 2.45) is 0 Å². The van der Waals surface area contributed by atoms with Gasteiger partial charge in [0.2, 0.25) is 0 Å². The highest BCUT2D eigenvalue weighted by Gasteiger charge is 2.10. The number of rotatable bonds is 2. The van der Waals surface area contributed by atoms with E-state index in [0.29, 0.717) is 17.4 Å². The summed E-state index contributed by atoms with van der Waals surface area (Å²) in [6.45, 7) is 6.63. The topological polar surface area (TPSA) is 56.7 Å². The lowest BCUT2D eigenvalue weighted by Crippen LogP contribution is -2.07. The van der Waals surface area contributed by atoms with Gasteiger partial charge in [0.25, 0.3) is 0 Å². The third-order valence-corrected chi connectivity index (χ3v) is 3.33. The summed E-state index contributed by atoms with van der Waals surface area (Å²) in [6, 6.07) is 3.45. The van der Waals surface area contributed by atoms with Crippen molar-refractivity contribution < 1.29 is 0 Å². The predicted molar refractivity (Wildman–Crippen MR) is 69.2 cm³/mol. The van der Waals surface area contributed by atoms with Crippen LogP contribution in [0.3, 0.4) is 0 Å². The Hall–Kier alpha value is -1.55. The maximum absolute atomic E-state index is 6.09. The van der Waals surface area contributed by atoms with Crippen molar-refractivity contribution in [3.8, 4) is 0 Å². The van der Waals surface area contributed by atoms with Crippen LogP contribution in [0, 0.1) is 20.8 Å². The van der Waals surface area contributed by atoms with Crippen molar-refractivity contribution in [2.45, 2.75) is 27.3 Å². The monoisotopic (exact) mass is 250 g/mol. The summed E-state index contributed by atoms with van der Waals surface area (Å²) in [7, 11) is 0. The molecule has 0 aliphatic rings. The third-order valence-electron chi connectivity index (χ3n) is 2.98. The molecule has 2 heterocycles. The summed E-state index contributed by atoms with van der Waals surface area (Å²) in [5.74, 6) is 0.475. The Morgan fingerprint density at radius 3 is 2.59 bits per heavy atom. The van der Waals surface area contributed by atoms with Crippen LogP contribution < -0.4 is 5.73 Å². The fraction of sp³-hybridized carbons (Fsp3) is 0.333. The van der Waals surface area contributed by atoms with Gasteiger partial charge < -0.3 is 5.73 Å². The van der Waals surface area contributed by atoms with Crippen LogP contribution in [0.25, 0.3) is 0 Å². The molecule has 0 aromatic carbocycles. The molecule has 0 bridgehead atoms. The zero-order chi connectivity index (χ0) is 12.6. The fourth-order valence-electron chi connectivity index (χ4n) is 1.69. The molecule has 4 nitrogen and oxygen atoms in total.